The third-order valence-electron chi connectivity index (χ3n) is 4.24. The van der Waals surface area contributed by atoms with Gasteiger partial charge in [0.25, 0.3) is 5.91 Å². The topological polar surface area (TPSA) is 77.1 Å². The van der Waals surface area contributed by atoms with E-state index >= 15 is 0 Å². The molecule has 1 aliphatic heterocycles. The second kappa shape index (κ2) is 5.96. The van der Waals surface area contributed by atoms with Crippen molar-refractivity contribution < 1.29 is 9.32 Å². The van der Waals surface area contributed by atoms with Crippen molar-refractivity contribution in [2.45, 2.75) is 45.6 Å². The summed E-state index contributed by atoms with van der Waals surface area (Å²) in [5.41, 5.74) is 1.05. The standard InChI is InChI=1S/C15H20ClN5O2/c1-8(2)13-17-14(23-19-13)10-6-5-7-21(10)15(22)12-11(16)9(3)20(4)18-12/h8,10H,5-7H2,1-4H3. The van der Waals surface area contributed by atoms with Gasteiger partial charge in [0.1, 0.15) is 6.04 Å². The fraction of sp³-hybridized carbons (Fsp3) is 0.600. The van der Waals surface area contributed by atoms with Gasteiger partial charge in [-0.15, -0.1) is 0 Å². The van der Waals surface area contributed by atoms with Crippen molar-refractivity contribution in [1.29, 1.82) is 0 Å². The van der Waals surface area contributed by atoms with Crippen molar-refractivity contribution in [3.63, 3.8) is 0 Å². The van der Waals surface area contributed by atoms with E-state index in [-0.39, 0.29) is 23.6 Å². The number of halogens is 1. The van der Waals surface area contributed by atoms with Crippen molar-refractivity contribution in [1.82, 2.24) is 24.8 Å². The molecule has 2 aromatic rings. The van der Waals surface area contributed by atoms with Crippen LogP contribution in [0, 0.1) is 6.92 Å². The van der Waals surface area contributed by atoms with Gasteiger partial charge < -0.3 is 9.42 Å². The Balaban J connectivity index is 1.88. The largest absolute Gasteiger partial charge is 0.337 e. The SMILES string of the molecule is Cc1c(Cl)c(C(=O)N2CCCC2c2nc(C(C)C)no2)nn1C. The molecule has 3 heterocycles. The zero-order valence-corrected chi connectivity index (χ0v) is 14.5. The second-order valence-electron chi connectivity index (χ2n) is 6.17. The van der Waals surface area contributed by atoms with E-state index in [1.807, 2.05) is 20.8 Å². The van der Waals surface area contributed by atoms with Crippen LogP contribution in [0.3, 0.4) is 0 Å². The van der Waals surface area contributed by atoms with E-state index in [1.54, 1.807) is 16.6 Å². The predicted octanol–water partition coefficient (Wildman–Crippen LogP) is 2.87. The van der Waals surface area contributed by atoms with Crippen LogP contribution in [0.4, 0.5) is 0 Å². The van der Waals surface area contributed by atoms with Crippen LogP contribution in [0.25, 0.3) is 0 Å². The maximum absolute atomic E-state index is 12.8. The van der Waals surface area contributed by atoms with E-state index in [2.05, 4.69) is 15.2 Å². The fourth-order valence-corrected chi connectivity index (χ4v) is 2.98. The Morgan fingerprint density at radius 2 is 2.17 bits per heavy atom. The summed E-state index contributed by atoms with van der Waals surface area (Å²) in [5.74, 6) is 1.14. The molecule has 1 aliphatic rings. The molecule has 0 spiro atoms. The van der Waals surface area contributed by atoms with Gasteiger partial charge >= 0.3 is 0 Å². The summed E-state index contributed by atoms with van der Waals surface area (Å²) >= 11 is 6.24. The maximum atomic E-state index is 12.8. The van der Waals surface area contributed by atoms with E-state index < -0.39 is 0 Å². The van der Waals surface area contributed by atoms with Crippen LogP contribution in [0.15, 0.2) is 4.52 Å². The lowest BCUT2D eigenvalue weighted by Gasteiger charge is -2.20. The Morgan fingerprint density at radius 1 is 1.43 bits per heavy atom. The lowest BCUT2D eigenvalue weighted by molar-refractivity contribution is 0.0703. The second-order valence-corrected chi connectivity index (χ2v) is 6.55. The summed E-state index contributed by atoms with van der Waals surface area (Å²) in [6.07, 6.45) is 1.69. The van der Waals surface area contributed by atoms with Gasteiger partial charge in [0.05, 0.1) is 10.7 Å². The molecule has 23 heavy (non-hydrogen) atoms. The summed E-state index contributed by atoms with van der Waals surface area (Å²) in [6, 6.07) is -0.208. The lowest BCUT2D eigenvalue weighted by atomic mass is 10.2. The van der Waals surface area contributed by atoms with Crippen LogP contribution in [0.2, 0.25) is 5.02 Å². The quantitative estimate of drug-likeness (QED) is 0.860. The number of carbonyl (C=O) groups is 1. The number of likely N-dealkylation sites (tertiary alicyclic amines) is 1. The molecule has 0 N–H and O–H groups in total. The minimum absolute atomic E-state index is 0.186. The van der Waals surface area contributed by atoms with Gasteiger partial charge in [0, 0.05) is 19.5 Å². The number of hydrogen-bond donors (Lipinski definition) is 0. The Kier molecular flexibility index (Phi) is 4.14. The highest BCUT2D eigenvalue weighted by Crippen LogP contribution is 2.34. The third-order valence-corrected chi connectivity index (χ3v) is 4.69. The highest BCUT2D eigenvalue weighted by Gasteiger charge is 2.36. The Labute approximate surface area is 139 Å². The zero-order valence-electron chi connectivity index (χ0n) is 13.7. The van der Waals surface area contributed by atoms with E-state index in [0.29, 0.717) is 23.3 Å². The van der Waals surface area contributed by atoms with Crippen molar-refractivity contribution in [2.24, 2.45) is 7.05 Å². The molecular weight excluding hydrogens is 318 g/mol. The molecule has 0 bridgehead atoms. The van der Waals surface area contributed by atoms with Gasteiger partial charge in [0.15, 0.2) is 11.5 Å². The van der Waals surface area contributed by atoms with E-state index in [9.17, 15) is 4.79 Å². The number of nitrogens with zero attached hydrogens (tertiary/aromatic N) is 5. The van der Waals surface area contributed by atoms with Crippen LogP contribution in [-0.2, 0) is 7.05 Å². The minimum Gasteiger partial charge on any atom is -0.337 e. The third kappa shape index (κ3) is 2.73. The molecule has 7 nitrogen and oxygen atoms in total. The summed E-state index contributed by atoms with van der Waals surface area (Å²) in [6.45, 7) is 6.47. The number of aromatic nitrogens is 4. The average Bonchev–Trinajstić information content (AvgIpc) is 3.21. The molecule has 8 heteroatoms. The first kappa shape index (κ1) is 16.0. The van der Waals surface area contributed by atoms with Crippen LogP contribution >= 0.6 is 11.6 Å². The van der Waals surface area contributed by atoms with Crippen LogP contribution in [0.1, 0.15) is 66.5 Å². The summed E-state index contributed by atoms with van der Waals surface area (Å²) in [4.78, 5) is 19.0. The molecule has 0 aromatic carbocycles. The molecule has 1 fully saturated rings. The van der Waals surface area contributed by atoms with Crippen LogP contribution < -0.4 is 0 Å². The van der Waals surface area contributed by atoms with Crippen molar-refractivity contribution in [3.8, 4) is 0 Å². The maximum Gasteiger partial charge on any atom is 0.276 e. The van der Waals surface area contributed by atoms with Crippen molar-refractivity contribution in [3.05, 3.63) is 28.1 Å². The van der Waals surface area contributed by atoms with Gasteiger partial charge in [-0.25, -0.2) is 0 Å². The summed E-state index contributed by atoms with van der Waals surface area (Å²) in [7, 11) is 1.77. The van der Waals surface area contributed by atoms with E-state index in [1.165, 1.54) is 0 Å². The Morgan fingerprint density at radius 3 is 2.74 bits per heavy atom. The lowest BCUT2D eigenvalue weighted by Crippen LogP contribution is -2.31. The molecule has 0 radical (unpaired) electrons. The van der Waals surface area contributed by atoms with Gasteiger partial charge in [-0.3, -0.25) is 9.48 Å². The molecule has 1 atom stereocenters. The Hall–Kier alpha value is -1.89. The van der Waals surface area contributed by atoms with Crippen molar-refractivity contribution >= 4 is 17.5 Å². The summed E-state index contributed by atoms with van der Waals surface area (Å²) < 4.78 is 6.99. The zero-order chi connectivity index (χ0) is 16.7. The summed E-state index contributed by atoms with van der Waals surface area (Å²) in [5, 5.41) is 8.63. The molecule has 2 aromatic heterocycles. The van der Waals surface area contributed by atoms with Crippen molar-refractivity contribution in [2.75, 3.05) is 6.54 Å². The molecule has 1 unspecified atom stereocenters. The van der Waals surface area contributed by atoms with Gasteiger partial charge in [-0.1, -0.05) is 30.6 Å². The first-order valence-corrected chi connectivity index (χ1v) is 8.11. The smallest absolute Gasteiger partial charge is 0.276 e. The van der Waals surface area contributed by atoms with Gasteiger partial charge in [0.2, 0.25) is 5.89 Å². The van der Waals surface area contributed by atoms with Crippen LogP contribution in [0.5, 0.6) is 0 Å². The molecular formula is C15H20ClN5O2. The number of aryl methyl sites for hydroxylation is 1. The highest BCUT2D eigenvalue weighted by molar-refractivity contribution is 6.34. The molecule has 1 saturated heterocycles. The first-order valence-electron chi connectivity index (χ1n) is 7.73. The molecule has 0 saturated carbocycles. The first-order chi connectivity index (χ1) is 10.9. The van der Waals surface area contributed by atoms with E-state index in [4.69, 9.17) is 16.1 Å². The number of carbonyl (C=O) groups excluding carboxylic acids is 1. The molecule has 3 rings (SSSR count). The van der Waals surface area contributed by atoms with Gasteiger partial charge in [-0.2, -0.15) is 10.1 Å². The van der Waals surface area contributed by atoms with E-state index in [0.717, 1.165) is 18.5 Å². The molecule has 1 amide bonds. The monoisotopic (exact) mass is 337 g/mol. The number of rotatable bonds is 3. The number of amides is 1. The average molecular weight is 338 g/mol. The van der Waals surface area contributed by atoms with Crippen LogP contribution in [-0.4, -0.2) is 37.3 Å². The minimum atomic E-state index is -0.208. The normalized spacial score (nSPS) is 18.2. The number of hydrogen-bond acceptors (Lipinski definition) is 5. The highest BCUT2D eigenvalue weighted by atomic mass is 35.5. The fourth-order valence-electron chi connectivity index (χ4n) is 2.74. The van der Waals surface area contributed by atoms with Gasteiger partial charge in [-0.05, 0) is 19.8 Å². The Bertz CT molecular complexity index is 736. The predicted molar refractivity (Wildman–Crippen MR) is 84.4 cm³/mol. The molecule has 0 aliphatic carbocycles. The molecule has 124 valence electrons.